The normalized spacial score (nSPS) is 17.4. The third-order valence-corrected chi connectivity index (χ3v) is 2.80. The number of urea groups is 1. The number of carbonyl (C=O) groups is 2. The minimum absolute atomic E-state index is 0.288. The molecule has 0 aliphatic carbocycles. The van der Waals surface area contributed by atoms with E-state index in [2.05, 4.69) is 5.32 Å². The summed E-state index contributed by atoms with van der Waals surface area (Å²) in [7, 11) is 0. The van der Waals surface area contributed by atoms with Gasteiger partial charge in [0.05, 0.1) is 0 Å². The number of hydrogen-bond donors (Lipinski definition) is 1. The van der Waals surface area contributed by atoms with Crippen LogP contribution in [0.1, 0.15) is 18.9 Å². The summed E-state index contributed by atoms with van der Waals surface area (Å²) in [5.41, 5.74) is 1.07. The summed E-state index contributed by atoms with van der Waals surface area (Å²) in [6, 6.07) is 6.73. The van der Waals surface area contributed by atoms with E-state index in [9.17, 15) is 9.59 Å². The fourth-order valence-corrected chi connectivity index (χ4v) is 1.96. The smallest absolute Gasteiger partial charge is 0.303 e. The number of nitrogens with zero attached hydrogens (tertiary/aromatic N) is 1. The Bertz CT molecular complexity index is 525. The second-order valence-corrected chi connectivity index (χ2v) is 4.44. The predicted octanol–water partition coefficient (Wildman–Crippen LogP) is 2.64. The summed E-state index contributed by atoms with van der Waals surface area (Å²) in [6.45, 7) is 2.34. The van der Waals surface area contributed by atoms with Gasteiger partial charge in [0.25, 0.3) is 5.91 Å². The molecule has 0 atom stereocenters. The van der Waals surface area contributed by atoms with Crippen molar-refractivity contribution < 1.29 is 9.59 Å². The van der Waals surface area contributed by atoms with Crippen LogP contribution in [0.15, 0.2) is 30.0 Å². The third kappa shape index (κ3) is 2.54. The van der Waals surface area contributed by atoms with E-state index in [0.29, 0.717) is 11.6 Å². The summed E-state index contributed by atoms with van der Waals surface area (Å²) in [5.74, 6) is -0.290. The van der Waals surface area contributed by atoms with Crippen molar-refractivity contribution in [1.29, 1.82) is 0 Å². The minimum Gasteiger partial charge on any atom is -0.303 e. The van der Waals surface area contributed by atoms with Crippen LogP contribution in [-0.2, 0) is 4.79 Å². The highest BCUT2D eigenvalue weighted by molar-refractivity contribution is 6.30. The monoisotopic (exact) mass is 264 g/mol. The molecule has 1 aliphatic heterocycles. The van der Waals surface area contributed by atoms with Crippen LogP contribution in [0.25, 0.3) is 6.08 Å². The number of halogens is 1. The highest BCUT2D eigenvalue weighted by atomic mass is 35.5. The maximum absolute atomic E-state index is 11.9. The molecule has 1 fully saturated rings. The number of benzene rings is 1. The number of imide groups is 1. The molecule has 0 spiro atoms. The molecular formula is C13H13ClN2O2. The lowest BCUT2D eigenvalue weighted by molar-refractivity contribution is -0.122. The Morgan fingerprint density at radius 3 is 2.83 bits per heavy atom. The average molecular weight is 265 g/mol. The fraction of sp³-hybridized carbons (Fsp3) is 0.231. The van der Waals surface area contributed by atoms with Crippen molar-refractivity contribution in [2.24, 2.45) is 0 Å². The molecule has 3 amide bonds. The zero-order chi connectivity index (χ0) is 13.1. The second kappa shape index (κ2) is 5.23. The lowest BCUT2D eigenvalue weighted by Crippen LogP contribution is -2.31. The summed E-state index contributed by atoms with van der Waals surface area (Å²) in [5, 5.41) is 3.15. The lowest BCUT2D eigenvalue weighted by Gasteiger charge is -2.08. The highest BCUT2D eigenvalue weighted by Crippen LogP contribution is 2.17. The molecule has 0 aromatic heterocycles. The number of carbonyl (C=O) groups excluding carboxylic acids is 2. The van der Waals surface area contributed by atoms with E-state index in [1.807, 2.05) is 13.0 Å². The largest absolute Gasteiger partial charge is 0.329 e. The van der Waals surface area contributed by atoms with Crippen molar-refractivity contribution in [3.05, 3.63) is 40.5 Å². The van der Waals surface area contributed by atoms with Gasteiger partial charge in [-0.3, -0.25) is 9.69 Å². The van der Waals surface area contributed by atoms with E-state index < -0.39 is 0 Å². The number of nitrogens with one attached hydrogen (secondary N) is 1. The van der Waals surface area contributed by atoms with Crippen molar-refractivity contribution in [3.8, 4) is 0 Å². The van der Waals surface area contributed by atoms with Crippen molar-refractivity contribution in [1.82, 2.24) is 10.2 Å². The molecule has 1 aliphatic rings. The van der Waals surface area contributed by atoms with Gasteiger partial charge in [-0.1, -0.05) is 30.7 Å². The quantitative estimate of drug-likeness (QED) is 0.674. The number of hydrogen-bond acceptors (Lipinski definition) is 2. The first-order valence-electron chi connectivity index (χ1n) is 5.72. The first-order valence-corrected chi connectivity index (χ1v) is 6.09. The molecule has 1 aromatic carbocycles. The molecule has 0 saturated carbocycles. The summed E-state index contributed by atoms with van der Waals surface area (Å²) < 4.78 is 0. The molecule has 2 rings (SSSR count). The van der Waals surface area contributed by atoms with Crippen LogP contribution in [0, 0.1) is 0 Å². The van der Waals surface area contributed by atoms with Crippen LogP contribution in [-0.4, -0.2) is 23.4 Å². The maximum atomic E-state index is 11.9. The molecule has 0 unspecified atom stereocenters. The van der Waals surface area contributed by atoms with Gasteiger partial charge in [0.2, 0.25) is 0 Å². The van der Waals surface area contributed by atoms with Gasteiger partial charge in [0.15, 0.2) is 0 Å². The molecule has 5 heteroatoms. The molecule has 18 heavy (non-hydrogen) atoms. The van der Waals surface area contributed by atoms with E-state index in [1.165, 1.54) is 4.90 Å². The van der Waals surface area contributed by atoms with Crippen molar-refractivity contribution in [2.45, 2.75) is 13.3 Å². The van der Waals surface area contributed by atoms with Gasteiger partial charge in [0.1, 0.15) is 5.70 Å². The van der Waals surface area contributed by atoms with Crippen LogP contribution >= 0.6 is 11.6 Å². The van der Waals surface area contributed by atoms with E-state index in [4.69, 9.17) is 11.6 Å². The van der Waals surface area contributed by atoms with E-state index in [0.717, 1.165) is 12.0 Å². The first-order chi connectivity index (χ1) is 8.61. The Morgan fingerprint density at radius 1 is 1.39 bits per heavy atom. The Kier molecular flexibility index (Phi) is 3.67. The molecule has 0 bridgehead atoms. The Balaban J connectivity index is 2.25. The van der Waals surface area contributed by atoms with Gasteiger partial charge in [0, 0.05) is 11.6 Å². The summed E-state index contributed by atoms with van der Waals surface area (Å²) >= 11 is 5.86. The zero-order valence-corrected chi connectivity index (χ0v) is 10.7. The minimum atomic E-state index is -0.366. The van der Waals surface area contributed by atoms with Crippen LogP contribution in [0.5, 0.6) is 0 Å². The van der Waals surface area contributed by atoms with E-state index in [1.54, 1.807) is 24.3 Å². The molecule has 94 valence electrons. The van der Waals surface area contributed by atoms with Crippen LogP contribution in [0.3, 0.4) is 0 Å². The van der Waals surface area contributed by atoms with Gasteiger partial charge in [-0.25, -0.2) is 4.79 Å². The van der Waals surface area contributed by atoms with Gasteiger partial charge < -0.3 is 5.32 Å². The Labute approximate surface area is 110 Å². The lowest BCUT2D eigenvalue weighted by atomic mass is 10.2. The van der Waals surface area contributed by atoms with Crippen LogP contribution in [0.2, 0.25) is 5.02 Å². The topological polar surface area (TPSA) is 49.4 Å². The number of amides is 3. The average Bonchev–Trinajstić information content (AvgIpc) is 2.57. The standard InChI is InChI=1S/C13H13ClN2O2/c1-2-6-16-12(17)11(15-13(16)18)8-9-4-3-5-10(14)7-9/h3-5,7-8H,2,6H2,1H3,(H,15,18)/b11-8+. The van der Waals surface area contributed by atoms with Gasteiger partial charge in [-0.15, -0.1) is 0 Å². The molecule has 1 heterocycles. The first kappa shape index (κ1) is 12.6. The van der Waals surface area contributed by atoms with Gasteiger partial charge >= 0.3 is 6.03 Å². The second-order valence-electron chi connectivity index (χ2n) is 4.00. The Hall–Kier alpha value is -1.81. The van der Waals surface area contributed by atoms with Gasteiger partial charge in [-0.05, 0) is 30.2 Å². The van der Waals surface area contributed by atoms with E-state index >= 15 is 0 Å². The maximum Gasteiger partial charge on any atom is 0.329 e. The Morgan fingerprint density at radius 2 is 2.17 bits per heavy atom. The van der Waals surface area contributed by atoms with Gasteiger partial charge in [-0.2, -0.15) is 0 Å². The fourth-order valence-electron chi connectivity index (χ4n) is 1.76. The molecule has 0 radical (unpaired) electrons. The van der Waals surface area contributed by atoms with Crippen molar-refractivity contribution in [3.63, 3.8) is 0 Å². The van der Waals surface area contributed by atoms with Crippen molar-refractivity contribution in [2.75, 3.05) is 6.54 Å². The van der Waals surface area contributed by atoms with Crippen LogP contribution < -0.4 is 5.32 Å². The molecule has 4 nitrogen and oxygen atoms in total. The highest BCUT2D eigenvalue weighted by Gasteiger charge is 2.32. The summed E-state index contributed by atoms with van der Waals surface area (Å²) in [6.07, 6.45) is 2.37. The molecule has 1 saturated heterocycles. The molecule has 1 N–H and O–H groups in total. The van der Waals surface area contributed by atoms with Crippen LogP contribution in [0.4, 0.5) is 4.79 Å². The van der Waals surface area contributed by atoms with Crippen molar-refractivity contribution >= 4 is 29.6 Å². The third-order valence-electron chi connectivity index (χ3n) is 2.57. The molecule has 1 aromatic rings. The zero-order valence-electron chi connectivity index (χ0n) is 9.94. The number of rotatable bonds is 3. The predicted molar refractivity (Wildman–Crippen MR) is 70.0 cm³/mol. The molecular weight excluding hydrogens is 252 g/mol. The van der Waals surface area contributed by atoms with E-state index in [-0.39, 0.29) is 17.6 Å². The SMILES string of the molecule is CCCN1C(=O)N/C(=C/c2cccc(Cl)c2)C1=O. The summed E-state index contributed by atoms with van der Waals surface area (Å²) in [4.78, 5) is 24.7.